The van der Waals surface area contributed by atoms with Crippen LogP contribution in [0.15, 0.2) is 59.0 Å². The van der Waals surface area contributed by atoms with Gasteiger partial charge >= 0.3 is 16.5 Å². The van der Waals surface area contributed by atoms with Crippen molar-refractivity contribution >= 4 is 47.1 Å². The van der Waals surface area contributed by atoms with Crippen molar-refractivity contribution in [1.29, 1.82) is 0 Å². The molecular formula is C14H16N8NiS2+2. The van der Waals surface area contributed by atoms with Crippen LogP contribution in [0.4, 0.5) is 0 Å². The van der Waals surface area contributed by atoms with Gasteiger partial charge in [0.25, 0.3) is 0 Å². The molecule has 0 amide bonds. The molecule has 2 aromatic heterocycles. The summed E-state index contributed by atoms with van der Waals surface area (Å²) in [5.41, 5.74) is 16.7. The second kappa shape index (κ2) is 13.9. The summed E-state index contributed by atoms with van der Waals surface area (Å²) < 4.78 is 0. The van der Waals surface area contributed by atoms with E-state index in [2.05, 4.69) is 55.5 Å². The minimum Gasteiger partial charge on any atom is -0.375 e. The number of pyridine rings is 2. The van der Waals surface area contributed by atoms with Crippen LogP contribution in [0.1, 0.15) is 11.4 Å². The molecule has 0 atom stereocenters. The first-order valence-corrected chi connectivity index (χ1v) is 7.38. The molecule has 2 aromatic rings. The molecule has 8 nitrogen and oxygen atoms in total. The molecule has 0 spiro atoms. The minimum absolute atomic E-state index is 0. The summed E-state index contributed by atoms with van der Waals surface area (Å²) in [4.78, 5) is 8.00. The van der Waals surface area contributed by atoms with Gasteiger partial charge in [-0.15, -0.1) is 0 Å². The molecule has 0 unspecified atom stereocenters. The molecule has 25 heavy (non-hydrogen) atoms. The first-order valence-electron chi connectivity index (χ1n) is 6.57. The molecule has 0 radical (unpaired) electrons. The smallest absolute Gasteiger partial charge is 0.375 e. The number of aromatic nitrogens is 2. The zero-order valence-electron chi connectivity index (χ0n) is 12.8. The van der Waals surface area contributed by atoms with E-state index < -0.39 is 0 Å². The van der Waals surface area contributed by atoms with Crippen molar-refractivity contribution in [2.75, 3.05) is 0 Å². The van der Waals surface area contributed by atoms with Gasteiger partial charge in [-0.3, -0.25) is 20.8 Å². The fourth-order valence-electron chi connectivity index (χ4n) is 1.23. The van der Waals surface area contributed by atoms with Crippen LogP contribution >= 0.6 is 24.4 Å². The van der Waals surface area contributed by atoms with Gasteiger partial charge in [-0.05, 0) is 48.7 Å². The van der Waals surface area contributed by atoms with Crippen LogP contribution in [0.25, 0.3) is 0 Å². The van der Waals surface area contributed by atoms with E-state index in [1.54, 1.807) is 24.8 Å². The monoisotopic (exact) mass is 418 g/mol. The zero-order valence-corrected chi connectivity index (χ0v) is 15.5. The van der Waals surface area contributed by atoms with Crippen LogP contribution in [-0.4, -0.2) is 32.6 Å². The van der Waals surface area contributed by atoms with Gasteiger partial charge in [-0.1, -0.05) is 12.1 Å². The van der Waals surface area contributed by atoms with Gasteiger partial charge in [0.05, 0.1) is 23.8 Å². The van der Waals surface area contributed by atoms with Gasteiger partial charge in [0, 0.05) is 12.4 Å². The van der Waals surface area contributed by atoms with Crippen LogP contribution in [0.3, 0.4) is 0 Å². The number of hydrogen-bond acceptors (Lipinski definition) is 6. The minimum atomic E-state index is 0. The standard InChI is InChI=1S/2C7H8N4S.Ni/c2*8-7(12)11-10-5-6-3-1-2-4-9-6;/h2*1-5H,(H3,8,11,12);/q;;+2. The van der Waals surface area contributed by atoms with Crippen LogP contribution in [0, 0.1) is 0 Å². The van der Waals surface area contributed by atoms with Gasteiger partial charge < -0.3 is 11.5 Å². The predicted molar refractivity (Wildman–Crippen MR) is 104 cm³/mol. The number of nitrogens with two attached hydrogens (primary N) is 2. The summed E-state index contributed by atoms with van der Waals surface area (Å²) in [5, 5.41) is 7.76. The average molecular weight is 419 g/mol. The van der Waals surface area contributed by atoms with Crippen molar-refractivity contribution in [3.63, 3.8) is 0 Å². The Bertz CT molecular complexity index is 633. The Morgan fingerprint density at radius 2 is 1.24 bits per heavy atom. The molecule has 11 heteroatoms. The molecule has 6 N–H and O–H groups in total. The van der Waals surface area contributed by atoms with E-state index in [4.69, 9.17) is 11.5 Å². The Morgan fingerprint density at radius 1 is 0.840 bits per heavy atom. The van der Waals surface area contributed by atoms with E-state index >= 15 is 0 Å². The Morgan fingerprint density at radius 3 is 1.52 bits per heavy atom. The molecule has 0 aromatic carbocycles. The SMILES string of the molecule is NC(=S)NN=Cc1ccccn1.NC(=S)NN=Cc1ccccn1.[Ni+2]. The van der Waals surface area contributed by atoms with Crippen molar-refractivity contribution in [2.24, 2.45) is 21.7 Å². The van der Waals surface area contributed by atoms with Gasteiger partial charge in [0.15, 0.2) is 10.2 Å². The number of nitrogens with one attached hydrogen (secondary N) is 2. The molecule has 0 saturated heterocycles. The maximum Gasteiger partial charge on any atom is 2.00 e. The summed E-state index contributed by atoms with van der Waals surface area (Å²) in [7, 11) is 0. The first kappa shape index (κ1) is 22.5. The normalized spacial score (nSPS) is 9.60. The first-order chi connectivity index (χ1) is 11.6. The van der Waals surface area contributed by atoms with Crippen molar-refractivity contribution in [3.05, 3.63) is 60.2 Å². The molecule has 0 aliphatic carbocycles. The fraction of sp³-hybridized carbons (Fsp3) is 0. The molecule has 2 rings (SSSR count). The summed E-state index contributed by atoms with van der Waals surface area (Å²) >= 11 is 9.09. The topological polar surface area (TPSA) is 127 Å². The number of hydrazone groups is 2. The second-order valence-corrected chi connectivity index (χ2v) is 4.86. The maximum absolute atomic E-state index is 5.14. The van der Waals surface area contributed by atoms with Crippen LogP contribution in [0.2, 0.25) is 0 Å². The van der Waals surface area contributed by atoms with Crippen LogP contribution in [0.5, 0.6) is 0 Å². The Hall–Kier alpha value is -2.49. The molecule has 0 aliphatic heterocycles. The number of thiocarbonyl (C=S) groups is 2. The van der Waals surface area contributed by atoms with Crippen LogP contribution < -0.4 is 22.3 Å². The third kappa shape index (κ3) is 12.6. The van der Waals surface area contributed by atoms with Gasteiger partial charge in [-0.25, -0.2) is 0 Å². The molecule has 0 saturated carbocycles. The molecule has 132 valence electrons. The van der Waals surface area contributed by atoms with Crippen molar-refractivity contribution in [2.45, 2.75) is 0 Å². The van der Waals surface area contributed by atoms with Crippen molar-refractivity contribution in [3.8, 4) is 0 Å². The van der Waals surface area contributed by atoms with E-state index in [0.717, 1.165) is 11.4 Å². The molecule has 0 aliphatic rings. The largest absolute Gasteiger partial charge is 2.00 e. The predicted octanol–water partition coefficient (Wildman–Crippen LogP) is 0.495. The van der Waals surface area contributed by atoms with E-state index in [1.165, 1.54) is 0 Å². The second-order valence-electron chi connectivity index (χ2n) is 3.98. The molecular weight excluding hydrogens is 403 g/mol. The van der Waals surface area contributed by atoms with Gasteiger partial charge in [0.2, 0.25) is 0 Å². The van der Waals surface area contributed by atoms with Crippen molar-refractivity contribution in [1.82, 2.24) is 20.8 Å². The number of hydrogen-bond donors (Lipinski definition) is 4. The van der Waals surface area contributed by atoms with E-state index in [0.29, 0.717) is 0 Å². The molecule has 0 fully saturated rings. The third-order valence-corrected chi connectivity index (χ3v) is 2.30. The fourth-order valence-corrected chi connectivity index (χ4v) is 1.33. The van der Waals surface area contributed by atoms with Crippen molar-refractivity contribution < 1.29 is 16.5 Å². The van der Waals surface area contributed by atoms with Gasteiger partial charge in [-0.2, -0.15) is 10.2 Å². The Labute approximate surface area is 166 Å². The molecule has 0 bridgehead atoms. The van der Waals surface area contributed by atoms with E-state index in [1.807, 2.05) is 36.4 Å². The average Bonchev–Trinajstić information content (AvgIpc) is 2.57. The third-order valence-electron chi connectivity index (χ3n) is 2.12. The zero-order chi connectivity index (χ0) is 17.6. The van der Waals surface area contributed by atoms with Crippen LogP contribution in [-0.2, 0) is 16.5 Å². The number of rotatable bonds is 4. The Balaban J connectivity index is 0.000000443. The van der Waals surface area contributed by atoms with E-state index in [-0.39, 0.29) is 26.7 Å². The Kier molecular flexibility index (Phi) is 12.5. The maximum atomic E-state index is 5.14. The summed E-state index contributed by atoms with van der Waals surface area (Å²) in [6.07, 6.45) is 6.45. The van der Waals surface area contributed by atoms with Gasteiger partial charge in [0.1, 0.15) is 0 Å². The summed E-state index contributed by atoms with van der Waals surface area (Å²) in [5.74, 6) is 0. The van der Waals surface area contributed by atoms with E-state index in [9.17, 15) is 0 Å². The summed E-state index contributed by atoms with van der Waals surface area (Å²) in [6, 6.07) is 11.1. The summed E-state index contributed by atoms with van der Waals surface area (Å²) in [6.45, 7) is 0. The quantitative estimate of drug-likeness (QED) is 0.244. The molecule has 2 heterocycles. The number of nitrogens with zero attached hydrogens (tertiary/aromatic N) is 4.